The van der Waals surface area contributed by atoms with Gasteiger partial charge in [-0.25, -0.2) is 0 Å². The summed E-state index contributed by atoms with van der Waals surface area (Å²) in [7, 11) is 0. The van der Waals surface area contributed by atoms with Crippen LogP contribution in [0.1, 0.15) is 68.6 Å². The van der Waals surface area contributed by atoms with Crippen LogP contribution >= 0.6 is 11.8 Å². The number of aryl methyl sites for hydroxylation is 1. The Morgan fingerprint density at radius 1 is 1.23 bits per heavy atom. The zero-order valence-corrected chi connectivity index (χ0v) is 17.3. The van der Waals surface area contributed by atoms with Crippen LogP contribution in [0.2, 0.25) is 0 Å². The smallest absolute Gasteiger partial charge is 0.231 e. The van der Waals surface area contributed by atoms with Crippen LogP contribution in [0.25, 0.3) is 0 Å². The van der Waals surface area contributed by atoms with Gasteiger partial charge in [0, 0.05) is 31.1 Å². The van der Waals surface area contributed by atoms with Crippen LogP contribution in [0.3, 0.4) is 0 Å². The van der Waals surface area contributed by atoms with Crippen LogP contribution in [-0.2, 0) is 11.2 Å². The van der Waals surface area contributed by atoms with Crippen LogP contribution in [0.5, 0.6) is 0 Å². The first kappa shape index (κ1) is 18.4. The van der Waals surface area contributed by atoms with E-state index in [1.807, 2.05) is 11.8 Å². The molecule has 2 saturated heterocycles. The molecule has 0 saturated carbocycles. The molecule has 4 heteroatoms. The Labute approximate surface area is 162 Å². The SMILES string of the molecule is CC(C)c1ccc2c(c1)CCC2C(=O)N1CCSCC1(C)N1CCCC1. The summed E-state index contributed by atoms with van der Waals surface area (Å²) in [6.07, 6.45) is 4.57. The summed E-state index contributed by atoms with van der Waals surface area (Å²) in [5.41, 5.74) is 4.00. The number of carbonyl (C=O) groups excluding carboxylic acids is 1. The van der Waals surface area contributed by atoms with Gasteiger partial charge in [-0.1, -0.05) is 32.0 Å². The standard InChI is InChI=1S/C22H32N2OS/c1-16(2)17-6-8-19-18(14-17)7-9-20(19)21(25)24-12-13-26-15-22(24,3)23-10-4-5-11-23/h6,8,14,16,20H,4-5,7,9-13,15H2,1-3H3. The Morgan fingerprint density at radius 3 is 2.73 bits per heavy atom. The maximum atomic E-state index is 13.6. The van der Waals surface area contributed by atoms with E-state index < -0.39 is 0 Å². The molecule has 1 aromatic carbocycles. The van der Waals surface area contributed by atoms with Crippen molar-refractivity contribution in [2.45, 2.75) is 64.0 Å². The van der Waals surface area contributed by atoms with Crippen molar-refractivity contribution in [3.8, 4) is 0 Å². The predicted octanol–water partition coefficient (Wildman–Crippen LogP) is 4.23. The van der Waals surface area contributed by atoms with Gasteiger partial charge in [-0.15, -0.1) is 0 Å². The molecule has 2 atom stereocenters. The molecule has 0 aromatic heterocycles. The molecule has 1 aromatic rings. The topological polar surface area (TPSA) is 23.6 Å². The molecule has 0 radical (unpaired) electrons. The summed E-state index contributed by atoms with van der Waals surface area (Å²) in [6.45, 7) is 9.96. The minimum absolute atomic E-state index is 0.0660. The van der Waals surface area contributed by atoms with Crippen LogP contribution in [0.4, 0.5) is 0 Å². The highest BCUT2D eigenvalue weighted by atomic mass is 32.2. The average Bonchev–Trinajstić information content (AvgIpc) is 3.31. The van der Waals surface area contributed by atoms with E-state index in [2.05, 4.69) is 48.8 Å². The lowest BCUT2D eigenvalue weighted by Gasteiger charge is -2.50. The first-order chi connectivity index (χ1) is 12.5. The Hall–Kier alpha value is -1.00. The molecule has 2 aliphatic heterocycles. The summed E-state index contributed by atoms with van der Waals surface area (Å²) in [5, 5.41) is 0. The van der Waals surface area contributed by atoms with Crippen molar-refractivity contribution in [3.05, 3.63) is 34.9 Å². The zero-order chi connectivity index (χ0) is 18.3. The Kier molecular flexibility index (Phi) is 5.08. The molecule has 2 fully saturated rings. The van der Waals surface area contributed by atoms with E-state index in [0.717, 1.165) is 44.0 Å². The lowest BCUT2D eigenvalue weighted by atomic mass is 9.94. The monoisotopic (exact) mass is 372 g/mol. The summed E-state index contributed by atoms with van der Waals surface area (Å²) >= 11 is 2.01. The Morgan fingerprint density at radius 2 is 2.00 bits per heavy atom. The fraction of sp³-hybridized carbons (Fsp3) is 0.682. The molecule has 3 nitrogen and oxygen atoms in total. The maximum Gasteiger partial charge on any atom is 0.231 e. The minimum atomic E-state index is -0.100. The van der Waals surface area contributed by atoms with Crippen LogP contribution < -0.4 is 0 Å². The van der Waals surface area contributed by atoms with Gasteiger partial charge in [0.15, 0.2) is 0 Å². The molecular weight excluding hydrogens is 340 g/mol. The van der Waals surface area contributed by atoms with Gasteiger partial charge in [0.1, 0.15) is 5.66 Å². The van der Waals surface area contributed by atoms with E-state index in [-0.39, 0.29) is 11.6 Å². The maximum absolute atomic E-state index is 13.6. The second-order valence-electron chi connectivity index (χ2n) is 8.66. The zero-order valence-electron chi connectivity index (χ0n) is 16.5. The molecule has 2 unspecified atom stereocenters. The number of benzene rings is 1. The molecular formula is C22H32N2OS. The molecule has 1 aliphatic carbocycles. The molecule has 4 rings (SSSR count). The second kappa shape index (κ2) is 7.20. The fourth-order valence-corrected chi connectivity index (χ4v) is 6.17. The van der Waals surface area contributed by atoms with Gasteiger partial charge in [-0.05, 0) is 55.2 Å². The van der Waals surface area contributed by atoms with Gasteiger partial charge in [0.2, 0.25) is 5.91 Å². The highest BCUT2D eigenvalue weighted by Crippen LogP contribution is 2.40. The Balaban J connectivity index is 1.59. The van der Waals surface area contributed by atoms with Crippen LogP contribution in [-0.4, -0.2) is 52.5 Å². The highest BCUT2D eigenvalue weighted by Gasteiger charge is 2.46. The highest BCUT2D eigenvalue weighted by molar-refractivity contribution is 7.99. The first-order valence-corrected chi connectivity index (χ1v) is 11.4. The summed E-state index contributed by atoms with van der Waals surface area (Å²) in [6, 6.07) is 6.83. The van der Waals surface area contributed by atoms with Gasteiger partial charge in [0.05, 0.1) is 5.92 Å². The molecule has 2 heterocycles. The quantitative estimate of drug-likeness (QED) is 0.793. The molecule has 26 heavy (non-hydrogen) atoms. The van der Waals surface area contributed by atoms with Crippen molar-refractivity contribution in [1.82, 2.24) is 9.80 Å². The third-order valence-electron chi connectivity index (χ3n) is 6.68. The summed E-state index contributed by atoms with van der Waals surface area (Å²) < 4.78 is 0. The third-order valence-corrected chi connectivity index (χ3v) is 7.90. The fourth-order valence-electron chi connectivity index (χ4n) is 4.99. The molecule has 142 valence electrons. The van der Waals surface area contributed by atoms with E-state index in [9.17, 15) is 4.79 Å². The van der Waals surface area contributed by atoms with Crippen molar-refractivity contribution >= 4 is 17.7 Å². The van der Waals surface area contributed by atoms with E-state index in [0.29, 0.717) is 11.8 Å². The number of amides is 1. The van der Waals surface area contributed by atoms with Gasteiger partial charge in [0.25, 0.3) is 0 Å². The molecule has 3 aliphatic rings. The Bertz CT molecular complexity index is 683. The summed E-state index contributed by atoms with van der Waals surface area (Å²) in [5.74, 6) is 3.10. The van der Waals surface area contributed by atoms with E-state index in [1.54, 1.807) is 0 Å². The number of likely N-dealkylation sites (tertiary alicyclic amines) is 1. The van der Waals surface area contributed by atoms with E-state index >= 15 is 0 Å². The number of rotatable bonds is 3. The number of thioether (sulfide) groups is 1. The van der Waals surface area contributed by atoms with Crippen LogP contribution in [0.15, 0.2) is 18.2 Å². The second-order valence-corrected chi connectivity index (χ2v) is 9.76. The van der Waals surface area contributed by atoms with Crippen molar-refractivity contribution in [3.63, 3.8) is 0 Å². The van der Waals surface area contributed by atoms with Gasteiger partial charge >= 0.3 is 0 Å². The van der Waals surface area contributed by atoms with Gasteiger partial charge < -0.3 is 4.90 Å². The number of nitrogens with zero attached hydrogens (tertiary/aromatic N) is 2. The molecule has 0 spiro atoms. The van der Waals surface area contributed by atoms with E-state index in [1.165, 1.54) is 29.5 Å². The third kappa shape index (κ3) is 3.09. The molecule has 0 bridgehead atoms. The lowest BCUT2D eigenvalue weighted by Crippen LogP contribution is -2.64. The number of carbonyl (C=O) groups is 1. The minimum Gasteiger partial charge on any atom is -0.322 e. The van der Waals surface area contributed by atoms with Crippen molar-refractivity contribution in [1.29, 1.82) is 0 Å². The van der Waals surface area contributed by atoms with Crippen LogP contribution in [0, 0.1) is 0 Å². The lowest BCUT2D eigenvalue weighted by molar-refractivity contribution is -0.145. The summed E-state index contributed by atoms with van der Waals surface area (Å²) in [4.78, 5) is 18.4. The molecule has 1 amide bonds. The number of fused-ring (bicyclic) bond motifs is 1. The van der Waals surface area contributed by atoms with Gasteiger partial charge in [-0.3, -0.25) is 9.69 Å². The first-order valence-electron chi connectivity index (χ1n) is 10.3. The predicted molar refractivity (Wildman–Crippen MR) is 110 cm³/mol. The normalized spacial score (nSPS) is 29.4. The number of hydrogen-bond donors (Lipinski definition) is 0. The van der Waals surface area contributed by atoms with Crippen molar-refractivity contribution in [2.24, 2.45) is 0 Å². The van der Waals surface area contributed by atoms with Crippen molar-refractivity contribution < 1.29 is 4.79 Å². The number of hydrogen-bond acceptors (Lipinski definition) is 3. The van der Waals surface area contributed by atoms with E-state index in [4.69, 9.17) is 0 Å². The molecule has 0 N–H and O–H groups in total. The largest absolute Gasteiger partial charge is 0.322 e. The van der Waals surface area contributed by atoms with Crippen molar-refractivity contribution in [2.75, 3.05) is 31.1 Å². The van der Waals surface area contributed by atoms with Gasteiger partial charge in [-0.2, -0.15) is 11.8 Å². The average molecular weight is 373 g/mol.